The highest BCUT2D eigenvalue weighted by Crippen LogP contribution is 2.32. The Bertz CT molecular complexity index is 554. The van der Waals surface area contributed by atoms with Gasteiger partial charge in [-0.15, -0.1) is 5.10 Å². The predicted molar refractivity (Wildman–Crippen MR) is 68.7 cm³/mol. The van der Waals surface area contributed by atoms with Gasteiger partial charge in [-0.3, -0.25) is 14.5 Å². The Morgan fingerprint density at radius 1 is 1.37 bits per heavy atom. The Morgan fingerprint density at radius 2 is 2.00 bits per heavy atom. The number of anilines is 1. The maximum absolute atomic E-state index is 12.4. The molecule has 102 valence electrons. The monoisotopic (exact) mass is 282 g/mol. The van der Waals surface area contributed by atoms with Gasteiger partial charge in [-0.2, -0.15) is 0 Å². The number of carbonyl (C=O) groups is 3. The summed E-state index contributed by atoms with van der Waals surface area (Å²) in [6.45, 7) is 6.54. The van der Waals surface area contributed by atoms with Crippen molar-refractivity contribution in [3.05, 3.63) is 5.69 Å². The second kappa shape index (κ2) is 4.69. The quantitative estimate of drug-likeness (QED) is 0.761. The van der Waals surface area contributed by atoms with Gasteiger partial charge >= 0.3 is 6.03 Å². The van der Waals surface area contributed by atoms with Crippen molar-refractivity contribution in [3.8, 4) is 0 Å². The Balaban J connectivity index is 2.48. The van der Waals surface area contributed by atoms with Gasteiger partial charge in [-0.1, -0.05) is 18.3 Å². The molecule has 8 heteroatoms. The Kier molecular flexibility index (Phi) is 3.36. The Hall–Kier alpha value is -1.83. The van der Waals surface area contributed by atoms with Crippen LogP contribution in [0, 0.1) is 12.8 Å². The van der Waals surface area contributed by atoms with Gasteiger partial charge in [0.1, 0.15) is 6.04 Å². The molecule has 2 heterocycles. The van der Waals surface area contributed by atoms with E-state index in [0.29, 0.717) is 10.7 Å². The van der Waals surface area contributed by atoms with Crippen LogP contribution in [0.1, 0.15) is 26.5 Å². The summed E-state index contributed by atoms with van der Waals surface area (Å²) in [5.41, 5.74) is 0.500. The first-order chi connectivity index (χ1) is 8.86. The third kappa shape index (κ3) is 2.01. The van der Waals surface area contributed by atoms with Gasteiger partial charge in [-0.25, -0.2) is 9.69 Å². The summed E-state index contributed by atoms with van der Waals surface area (Å²) in [7, 11) is 0. The van der Waals surface area contributed by atoms with Crippen LogP contribution in [0.2, 0.25) is 0 Å². The summed E-state index contributed by atoms with van der Waals surface area (Å²) < 4.78 is 3.72. The van der Waals surface area contributed by atoms with Crippen LogP contribution in [0.4, 0.5) is 9.80 Å². The molecule has 1 aliphatic rings. The van der Waals surface area contributed by atoms with Crippen molar-refractivity contribution in [2.45, 2.75) is 33.7 Å². The zero-order chi connectivity index (χ0) is 14.3. The molecule has 1 unspecified atom stereocenters. The lowest BCUT2D eigenvalue weighted by atomic mass is 10.0. The van der Waals surface area contributed by atoms with Crippen LogP contribution in [-0.4, -0.2) is 38.4 Å². The first kappa shape index (κ1) is 13.6. The predicted octanol–water partition coefficient (Wildman–Crippen LogP) is 1.19. The van der Waals surface area contributed by atoms with Crippen LogP contribution in [0.15, 0.2) is 0 Å². The molecule has 0 aliphatic carbocycles. The van der Waals surface area contributed by atoms with Crippen LogP contribution >= 0.6 is 11.5 Å². The number of urea groups is 1. The molecule has 0 N–H and O–H groups in total. The molecule has 1 fully saturated rings. The number of hydrogen-bond donors (Lipinski definition) is 0. The molecule has 1 aliphatic heterocycles. The van der Waals surface area contributed by atoms with Gasteiger partial charge < -0.3 is 0 Å². The smallest absolute Gasteiger partial charge is 0.275 e. The average molecular weight is 282 g/mol. The fraction of sp³-hybridized carbons (Fsp3) is 0.545. The molecular formula is C11H14N4O3S. The highest BCUT2D eigenvalue weighted by atomic mass is 32.1. The topological polar surface area (TPSA) is 83.5 Å². The zero-order valence-corrected chi connectivity index (χ0v) is 11.9. The molecule has 7 nitrogen and oxygen atoms in total. The molecule has 1 aromatic rings. The molecule has 0 aromatic carbocycles. The van der Waals surface area contributed by atoms with Crippen LogP contribution in [0.5, 0.6) is 0 Å². The van der Waals surface area contributed by atoms with E-state index in [1.54, 1.807) is 20.8 Å². The molecule has 1 saturated heterocycles. The van der Waals surface area contributed by atoms with Gasteiger partial charge in [-0.05, 0) is 12.8 Å². The van der Waals surface area contributed by atoms with Crippen molar-refractivity contribution < 1.29 is 14.4 Å². The number of nitrogens with zero attached hydrogens (tertiary/aromatic N) is 4. The number of imide groups is 2. The lowest BCUT2D eigenvalue weighted by Gasteiger charge is -2.20. The second-order valence-electron chi connectivity index (χ2n) is 4.70. The fourth-order valence-electron chi connectivity index (χ4n) is 2.10. The molecule has 4 amide bonds. The van der Waals surface area contributed by atoms with Crippen molar-refractivity contribution in [2.75, 3.05) is 4.90 Å². The van der Waals surface area contributed by atoms with E-state index in [4.69, 9.17) is 0 Å². The maximum Gasteiger partial charge on any atom is 0.339 e. The lowest BCUT2D eigenvalue weighted by Crippen LogP contribution is -2.41. The third-order valence-corrected chi connectivity index (χ3v) is 3.76. The largest absolute Gasteiger partial charge is 0.339 e. The summed E-state index contributed by atoms with van der Waals surface area (Å²) in [6.07, 6.45) is 0. The first-order valence-electron chi connectivity index (χ1n) is 5.83. The van der Waals surface area contributed by atoms with Gasteiger partial charge in [0.25, 0.3) is 5.91 Å². The van der Waals surface area contributed by atoms with E-state index in [0.717, 1.165) is 21.3 Å². The molecule has 0 bridgehead atoms. The lowest BCUT2D eigenvalue weighted by molar-refractivity contribution is -0.132. The van der Waals surface area contributed by atoms with Crippen molar-refractivity contribution >= 4 is 34.4 Å². The van der Waals surface area contributed by atoms with Gasteiger partial charge in [0.15, 0.2) is 5.00 Å². The Labute approximate surface area is 114 Å². The van der Waals surface area contributed by atoms with E-state index in [1.807, 2.05) is 0 Å². The van der Waals surface area contributed by atoms with E-state index in [9.17, 15) is 14.4 Å². The summed E-state index contributed by atoms with van der Waals surface area (Å²) >= 11 is 0.967. The van der Waals surface area contributed by atoms with E-state index in [2.05, 4.69) is 9.59 Å². The number of amides is 4. The van der Waals surface area contributed by atoms with Crippen molar-refractivity contribution in [2.24, 2.45) is 5.92 Å². The van der Waals surface area contributed by atoms with Crippen molar-refractivity contribution in [3.63, 3.8) is 0 Å². The standard InChI is InChI=1S/C11H14N4O3S/c1-5(2)8-9(17)15(10-6(3)12-13-19-10)11(18)14(8)7(4)16/h5,8H,1-4H3. The number of aryl methyl sites for hydroxylation is 1. The minimum atomic E-state index is -0.758. The van der Waals surface area contributed by atoms with Crippen molar-refractivity contribution in [1.82, 2.24) is 14.5 Å². The highest BCUT2D eigenvalue weighted by Gasteiger charge is 2.50. The molecule has 0 radical (unpaired) electrons. The zero-order valence-electron chi connectivity index (χ0n) is 11.1. The summed E-state index contributed by atoms with van der Waals surface area (Å²) in [6, 6.07) is -1.38. The van der Waals surface area contributed by atoms with Gasteiger partial charge in [0, 0.05) is 18.5 Å². The normalized spacial score (nSPS) is 19.7. The molecular weight excluding hydrogens is 268 g/mol. The summed E-state index contributed by atoms with van der Waals surface area (Å²) in [4.78, 5) is 38.3. The third-order valence-electron chi connectivity index (χ3n) is 2.95. The van der Waals surface area contributed by atoms with E-state index >= 15 is 0 Å². The van der Waals surface area contributed by atoms with Crippen LogP contribution in [0.3, 0.4) is 0 Å². The van der Waals surface area contributed by atoms with Crippen LogP contribution in [0.25, 0.3) is 0 Å². The highest BCUT2D eigenvalue weighted by molar-refractivity contribution is 7.10. The molecule has 0 saturated carbocycles. The molecule has 2 rings (SSSR count). The SMILES string of the molecule is CC(=O)N1C(=O)N(c2snnc2C)C(=O)C1C(C)C. The van der Waals surface area contributed by atoms with E-state index < -0.39 is 23.9 Å². The maximum atomic E-state index is 12.4. The molecule has 19 heavy (non-hydrogen) atoms. The molecule has 1 atom stereocenters. The van der Waals surface area contributed by atoms with Gasteiger partial charge in [0.2, 0.25) is 5.91 Å². The van der Waals surface area contributed by atoms with E-state index in [-0.39, 0.29) is 5.92 Å². The minimum Gasteiger partial charge on any atom is -0.275 e. The minimum absolute atomic E-state index is 0.147. The number of rotatable bonds is 2. The van der Waals surface area contributed by atoms with Crippen LogP contribution < -0.4 is 4.90 Å². The number of aromatic nitrogens is 2. The molecule has 1 aromatic heterocycles. The summed E-state index contributed by atoms with van der Waals surface area (Å²) in [5, 5.41) is 4.17. The summed E-state index contributed by atoms with van der Waals surface area (Å²) in [5.74, 6) is -0.981. The van der Waals surface area contributed by atoms with Crippen molar-refractivity contribution in [1.29, 1.82) is 0 Å². The first-order valence-corrected chi connectivity index (χ1v) is 6.60. The number of carbonyl (C=O) groups excluding carboxylic acids is 3. The average Bonchev–Trinajstić information content (AvgIpc) is 2.80. The fourth-order valence-corrected chi connectivity index (χ4v) is 2.76. The van der Waals surface area contributed by atoms with Crippen LogP contribution in [-0.2, 0) is 9.59 Å². The Morgan fingerprint density at radius 3 is 2.37 bits per heavy atom. The van der Waals surface area contributed by atoms with E-state index in [1.165, 1.54) is 6.92 Å². The number of hydrogen-bond acceptors (Lipinski definition) is 6. The second-order valence-corrected chi connectivity index (χ2v) is 5.43. The van der Waals surface area contributed by atoms with Gasteiger partial charge in [0.05, 0.1) is 5.69 Å². The molecule has 0 spiro atoms.